The zero-order valence-electron chi connectivity index (χ0n) is 10.9. The Hall–Kier alpha value is -0.790. The molecule has 0 atom stereocenters. The van der Waals surface area contributed by atoms with E-state index in [1.807, 2.05) is 0 Å². The van der Waals surface area contributed by atoms with Crippen molar-refractivity contribution in [3.8, 4) is 0 Å². The first-order valence-corrected chi connectivity index (χ1v) is 6.04. The molecule has 0 aromatic heterocycles. The van der Waals surface area contributed by atoms with Crippen LogP contribution in [0.25, 0.3) is 0 Å². The number of rotatable bonds is 0. The minimum atomic E-state index is -0.264. The molecule has 90 valence electrons. The van der Waals surface area contributed by atoms with Gasteiger partial charge in [-0.1, -0.05) is 34.3 Å². The quantitative estimate of drug-likeness (QED) is 0.463. The summed E-state index contributed by atoms with van der Waals surface area (Å²) < 4.78 is 5.63. The Kier molecular flexibility index (Phi) is 2.28. The summed E-state index contributed by atoms with van der Waals surface area (Å²) in [5.41, 5.74) is 0.868. The maximum Gasteiger partial charge on any atom is 0.334 e. The largest absolute Gasteiger partial charge is 0.455 e. The van der Waals surface area contributed by atoms with Crippen molar-refractivity contribution < 1.29 is 9.53 Å². The maximum absolute atomic E-state index is 11.5. The molecular weight excluding hydrogens is 200 g/mol. The van der Waals surface area contributed by atoms with Gasteiger partial charge < -0.3 is 4.74 Å². The predicted molar refractivity (Wildman–Crippen MR) is 64.0 cm³/mol. The van der Waals surface area contributed by atoms with Gasteiger partial charge in [0.15, 0.2) is 0 Å². The van der Waals surface area contributed by atoms with Crippen molar-refractivity contribution in [3.05, 3.63) is 12.2 Å². The Balaban J connectivity index is 2.29. The number of ether oxygens (including phenoxy) is 1. The zero-order valence-corrected chi connectivity index (χ0v) is 10.9. The van der Waals surface area contributed by atoms with Crippen LogP contribution in [0.2, 0.25) is 0 Å². The van der Waals surface area contributed by atoms with Crippen molar-refractivity contribution in [2.75, 3.05) is 0 Å². The molecule has 1 aliphatic carbocycles. The summed E-state index contributed by atoms with van der Waals surface area (Å²) in [6.07, 6.45) is 3.84. The first kappa shape index (κ1) is 11.7. The number of carbonyl (C=O) groups is 1. The summed E-state index contributed by atoms with van der Waals surface area (Å²) in [5.74, 6) is -0.187. The van der Waals surface area contributed by atoms with E-state index >= 15 is 0 Å². The zero-order chi connectivity index (χ0) is 12.2. The van der Waals surface area contributed by atoms with Crippen LogP contribution >= 0.6 is 0 Å². The fourth-order valence-corrected chi connectivity index (χ4v) is 4.19. The van der Waals surface area contributed by atoms with Gasteiger partial charge >= 0.3 is 5.97 Å². The number of hydrogen-bond acceptors (Lipinski definition) is 2. The molecule has 2 aliphatic rings. The van der Waals surface area contributed by atoms with Crippen LogP contribution < -0.4 is 0 Å². The molecular formula is C14H22O2. The highest BCUT2D eigenvalue weighted by molar-refractivity contribution is 5.90. The molecule has 2 rings (SSSR count). The van der Waals surface area contributed by atoms with Crippen molar-refractivity contribution >= 4 is 5.97 Å². The second-order valence-corrected chi connectivity index (χ2v) is 7.21. The number of esters is 1. The van der Waals surface area contributed by atoms with Crippen LogP contribution in [0, 0.1) is 10.8 Å². The molecule has 0 aromatic rings. The lowest BCUT2D eigenvalue weighted by Crippen LogP contribution is -2.45. The van der Waals surface area contributed by atoms with E-state index in [4.69, 9.17) is 4.74 Å². The fourth-order valence-electron chi connectivity index (χ4n) is 4.19. The third-order valence-corrected chi connectivity index (χ3v) is 3.69. The van der Waals surface area contributed by atoms with Crippen LogP contribution in [0.5, 0.6) is 0 Å². The molecule has 1 heterocycles. The first-order chi connectivity index (χ1) is 7.13. The van der Waals surface area contributed by atoms with E-state index in [9.17, 15) is 4.79 Å². The molecule has 0 amide bonds. The van der Waals surface area contributed by atoms with Crippen LogP contribution in [-0.4, -0.2) is 11.6 Å². The molecule has 1 saturated heterocycles. The third-order valence-electron chi connectivity index (χ3n) is 3.69. The van der Waals surface area contributed by atoms with E-state index in [2.05, 4.69) is 34.3 Å². The first-order valence-electron chi connectivity index (χ1n) is 6.04. The van der Waals surface area contributed by atoms with Crippen LogP contribution in [0.4, 0.5) is 0 Å². The van der Waals surface area contributed by atoms with Gasteiger partial charge in [-0.25, -0.2) is 4.79 Å². The van der Waals surface area contributed by atoms with Gasteiger partial charge in [-0.05, 0) is 30.1 Å². The molecule has 16 heavy (non-hydrogen) atoms. The second kappa shape index (κ2) is 3.12. The second-order valence-electron chi connectivity index (χ2n) is 7.21. The van der Waals surface area contributed by atoms with Crippen LogP contribution in [0.3, 0.4) is 0 Å². The monoisotopic (exact) mass is 222 g/mol. The summed E-state index contributed by atoms with van der Waals surface area (Å²) >= 11 is 0. The van der Waals surface area contributed by atoms with E-state index < -0.39 is 0 Å². The third kappa shape index (κ3) is 2.02. The fraction of sp³-hybridized carbons (Fsp3) is 0.786. The van der Waals surface area contributed by atoms with Crippen molar-refractivity contribution in [1.82, 2.24) is 0 Å². The normalized spacial score (nSPS) is 30.5. The Morgan fingerprint density at radius 2 is 1.56 bits per heavy atom. The molecule has 0 N–H and O–H groups in total. The van der Waals surface area contributed by atoms with Crippen molar-refractivity contribution in [1.29, 1.82) is 0 Å². The molecule has 2 heteroatoms. The summed E-state index contributed by atoms with van der Waals surface area (Å²) in [4.78, 5) is 11.5. The molecule has 1 spiro atoms. The predicted octanol–water partition coefficient (Wildman–Crippen LogP) is 3.46. The lowest BCUT2D eigenvalue weighted by molar-refractivity contribution is -0.158. The van der Waals surface area contributed by atoms with E-state index in [1.54, 1.807) is 0 Å². The highest BCUT2D eigenvalue weighted by Crippen LogP contribution is 2.55. The van der Waals surface area contributed by atoms with Gasteiger partial charge in [-0.2, -0.15) is 0 Å². The van der Waals surface area contributed by atoms with E-state index in [-0.39, 0.29) is 22.4 Å². The van der Waals surface area contributed by atoms with Gasteiger partial charge in [0.05, 0.1) is 0 Å². The Labute approximate surface area is 98.1 Å². The minimum absolute atomic E-state index is 0.187. The van der Waals surface area contributed by atoms with Crippen LogP contribution in [-0.2, 0) is 9.53 Å². The summed E-state index contributed by atoms with van der Waals surface area (Å²) in [6.45, 7) is 12.9. The van der Waals surface area contributed by atoms with Crippen molar-refractivity contribution in [3.63, 3.8) is 0 Å². The van der Waals surface area contributed by atoms with Gasteiger partial charge in [-0.3, -0.25) is 0 Å². The van der Waals surface area contributed by atoms with E-state index in [1.165, 1.54) is 6.42 Å². The van der Waals surface area contributed by atoms with Crippen molar-refractivity contribution in [2.24, 2.45) is 10.8 Å². The molecule has 0 bridgehead atoms. The van der Waals surface area contributed by atoms with Crippen molar-refractivity contribution in [2.45, 2.75) is 59.0 Å². The standard InChI is InChI=1S/C14H22O2/c1-10-6-14(16-11(10)15)8-12(2,3)7-13(4,5)9-14/h1,6-9H2,2-5H3. The Morgan fingerprint density at radius 3 is 1.94 bits per heavy atom. The smallest absolute Gasteiger partial charge is 0.334 e. The molecule has 2 nitrogen and oxygen atoms in total. The van der Waals surface area contributed by atoms with E-state index in [0.717, 1.165) is 19.3 Å². The van der Waals surface area contributed by atoms with Crippen LogP contribution in [0.15, 0.2) is 12.2 Å². The average Bonchev–Trinajstić information content (AvgIpc) is 2.17. The Bertz CT molecular complexity index is 316. The van der Waals surface area contributed by atoms with Gasteiger partial charge in [-0.15, -0.1) is 0 Å². The summed E-state index contributed by atoms with van der Waals surface area (Å²) in [6, 6.07) is 0. The topological polar surface area (TPSA) is 26.3 Å². The molecule has 1 saturated carbocycles. The van der Waals surface area contributed by atoms with Gasteiger partial charge in [0.2, 0.25) is 0 Å². The summed E-state index contributed by atoms with van der Waals surface area (Å²) in [7, 11) is 0. The SMILES string of the molecule is C=C1CC2(CC(C)(C)CC(C)(C)C2)OC1=O. The molecule has 1 aliphatic heterocycles. The highest BCUT2D eigenvalue weighted by Gasteiger charge is 2.53. The van der Waals surface area contributed by atoms with Gasteiger partial charge in [0, 0.05) is 12.0 Å². The lowest BCUT2D eigenvalue weighted by atomic mass is 9.59. The summed E-state index contributed by atoms with van der Waals surface area (Å²) in [5, 5.41) is 0. The Morgan fingerprint density at radius 1 is 1.06 bits per heavy atom. The number of carbonyl (C=O) groups excluding carboxylic acids is 1. The average molecular weight is 222 g/mol. The van der Waals surface area contributed by atoms with Crippen LogP contribution in [0.1, 0.15) is 53.4 Å². The van der Waals surface area contributed by atoms with E-state index in [0.29, 0.717) is 5.57 Å². The molecule has 0 aromatic carbocycles. The molecule has 0 unspecified atom stereocenters. The maximum atomic E-state index is 11.5. The van der Waals surface area contributed by atoms with Gasteiger partial charge in [0.1, 0.15) is 5.60 Å². The highest BCUT2D eigenvalue weighted by atomic mass is 16.6. The lowest BCUT2D eigenvalue weighted by Gasteiger charge is -2.49. The molecule has 0 radical (unpaired) electrons. The minimum Gasteiger partial charge on any atom is -0.455 e. The number of hydrogen-bond donors (Lipinski definition) is 0. The molecule has 2 fully saturated rings. The van der Waals surface area contributed by atoms with Gasteiger partial charge in [0.25, 0.3) is 0 Å².